The predicted octanol–water partition coefficient (Wildman–Crippen LogP) is -0.395. The summed E-state index contributed by atoms with van der Waals surface area (Å²) in [4.78, 5) is 0. The second-order valence-corrected chi connectivity index (χ2v) is 0.463. The molecule has 0 aromatic rings. The molecule has 0 aliphatic carbocycles. The van der Waals surface area contributed by atoms with E-state index in [2.05, 4.69) is 27.8 Å². The first-order chi connectivity index (χ1) is 2.41. The van der Waals surface area contributed by atoms with E-state index in [-0.39, 0.29) is 0 Å². The van der Waals surface area contributed by atoms with E-state index in [9.17, 15) is 0 Å². The van der Waals surface area contributed by atoms with Gasteiger partial charge in [-0.3, -0.25) is 16.0 Å². The van der Waals surface area contributed by atoms with Crippen molar-refractivity contribution in [3.05, 3.63) is 0 Å². The van der Waals surface area contributed by atoms with Crippen molar-refractivity contribution >= 4 is 11.9 Å². The Morgan fingerprint density at radius 2 is 1.60 bits per heavy atom. The summed E-state index contributed by atoms with van der Waals surface area (Å²) >= 11 is 4.50. The van der Waals surface area contributed by atoms with Crippen LogP contribution in [-0.4, -0.2) is 7.11 Å². The zero-order chi connectivity index (χ0) is 4.71. The van der Waals surface area contributed by atoms with Gasteiger partial charge in [-0.15, -0.1) is 0 Å². The molecule has 0 rings (SSSR count). The molecule has 0 saturated heterocycles. The fourth-order valence-electron chi connectivity index (χ4n) is 0. The molecular weight excluding hydrogens is 91.5 g/mol. The Bertz CT molecular complexity index is 9.61. The van der Waals surface area contributed by atoms with Gasteiger partial charge in [-0.2, -0.15) is 0 Å². The van der Waals surface area contributed by atoms with E-state index in [0.717, 1.165) is 0 Å². The number of nitrogens with two attached hydrogens (primary N) is 2. The lowest BCUT2D eigenvalue weighted by atomic mass is 11.8. The van der Waals surface area contributed by atoms with Gasteiger partial charge in [0.25, 0.3) is 0 Å². The molecule has 0 spiro atoms. The Labute approximate surface area is 36.0 Å². The molecule has 4 heteroatoms. The van der Waals surface area contributed by atoms with Crippen molar-refractivity contribution in [3.63, 3.8) is 0 Å². The third kappa shape index (κ3) is 679. The van der Waals surface area contributed by atoms with E-state index in [0.29, 0.717) is 0 Å². The largest absolute Gasteiger partial charge is 0.283 e. The second-order valence-electron chi connectivity index (χ2n) is 0.154. The van der Waals surface area contributed by atoms with Crippen molar-refractivity contribution in [2.75, 3.05) is 7.11 Å². The first kappa shape index (κ1) is 8.95. The van der Waals surface area contributed by atoms with Crippen LogP contribution in [0.15, 0.2) is 0 Å². The smallest absolute Gasteiger partial charge is 0.0606 e. The van der Waals surface area contributed by atoms with Crippen LogP contribution in [-0.2, 0) is 4.29 Å². The van der Waals surface area contributed by atoms with Gasteiger partial charge in [0.15, 0.2) is 0 Å². The first-order valence-electron chi connectivity index (χ1n) is 0.896. The van der Waals surface area contributed by atoms with E-state index in [4.69, 9.17) is 0 Å². The van der Waals surface area contributed by atoms with Crippen LogP contribution < -0.4 is 11.7 Å². The molecule has 0 saturated carbocycles. The van der Waals surface area contributed by atoms with E-state index < -0.39 is 0 Å². The number of hydrogen-bond donors (Lipinski definition) is 2. The van der Waals surface area contributed by atoms with Crippen molar-refractivity contribution in [1.29, 1.82) is 0 Å². The molecule has 0 fully saturated rings. The summed E-state index contributed by atoms with van der Waals surface area (Å²) in [7, 11) is 1.39. The first-order valence-corrected chi connectivity index (χ1v) is 1.20. The summed E-state index contributed by atoms with van der Waals surface area (Å²) in [6, 6.07) is 0. The Morgan fingerprint density at radius 3 is 1.60 bits per heavy atom. The molecule has 3 nitrogen and oxygen atoms in total. The van der Waals surface area contributed by atoms with Crippen molar-refractivity contribution < 1.29 is 4.29 Å². The van der Waals surface area contributed by atoms with Gasteiger partial charge in [-0.05, 0) is 0 Å². The van der Waals surface area contributed by atoms with Crippen molar-refractivity contribution in [1.82, 2.24) is 0 Å². The molecule has 0 heterocycles. The van der Waals surface area contributed by atoms with Gasteiger partial charge in [0.2, 0.25) is 0 Å². The summed E-state index contributed by atoms with van der Waals surface area (Å²) < 4.78 is 3.72. The molecule has 5 heavy (non-hydrogen) atoms. The average molecular weight is 98.5 g/mol. The average Bonchev–Trinajstić information content (AvgIpc) is 1.46. The number of halogens is 1. The maximum absolute atomic E-state index is 4.50. The SMILES string of the molecule is COCl.NN. The van der Waals surface area contributed by atoms with Crippen LogP contribution in [0.5, 0.6) is 0 Å². The number of hydrazine groups is 1. The summed E-state index contributed by atoms with van der Waals surface area (Å²) in [6.07, 6.45) is 0. The lowest BCUT2D eigenvalue weighted by Gasteiger charge is -1.54. The molecule has 0 bridgehead atoms. The van der Waals surface area contributed by atoms with Gasteiger partial charge >= 0.3 is 0 Å². The molecule has 0 aromatic heterocycles. The molecule has 4 N–H and O–H groups in total. The van der Waals surface area contributed by atoms with E-state index in [1.54, 1.807) is 0 Å². The Hall–Kier alpha value is 0.170. The molecular formula is CH7ClN2O. The van der Waals surface area contributed by atoms with E-state index in [1.807, 2.05) is 0 Å². The van der Waals surface area contributed by atoms with Crippen LogP contribution in [0.1, 0.15) is 0 Å². The van der Waals surface area contributed by atoms with Gasteiger partial charge in [0.1, 0.15) is 0 Å². The third-order valence-corrected chi connectivity index (χ3v) is 0. The fraction of sp³-hybridized carbons (Fsp3) is 1.00. The highest BCUT2D eigenvalue weighted by molar-refractivity contribution is 6.07. The second kappa shape index (κ2) is 30.6. The lowest BCUT2D eigenvalue weighted by Crippen LogP contribution is -2.02. The molecule has 0 atom stereocenters. The van der Waals surface area contributed by atoms with Gasteiger partial charge in [0, 0.05) is 0 Å². The van der Waals surface area contributed by atoms with Gasteiger partial charge < -0.3 is 0 Å². The van der Waals surface area contributed by atoms with Gasteiger partial charge in [-0.1, -0.05) is 0 Å². The number of hydrogen-bond acceptors (Lipinski definition) is 3. The van der Waals surface area contributed by atoms with E-state index >= 15 is 0 Å². The van der Waals surface area contributed by atoms with Gasteiger partial charge in [0.05, 0.1) is 19.0 Å². The normalized spacial score (nSPS) is 4.80. The molecule has 0 amide bonds. The topological polar surface area (TPSA) is 61.3 Å². The van der Waals surface area contributed by atoms with Crippen molar-refractivity contribution in [2.45, 2.75) is 0 Å². The minimum atomic E-state index is 1.39. The van der Waals surface area contributed by atoms with Crippen molar-refractivity contribution in [2.24, 2.45) is 11.7 Å². The highest BCUT2D eigenvalue weighted by Gasteiger charge is 1.31. The minimum Gasteiger partial charge on any atom is -0.283 e. The van der Waals surface area contributed by atoms with Crippen LogP contribution in [0.4, 0.5) is 0 Å². The number of rotatable bonds is 0. The Kier molecular flexibility index (Phi) is 54.8. The molecule has 0 unspecified atom stereocenters. The predicted molar refractivity (Wildman–Crippen MR) is 21.2 cm³/mol. The lowest BCUT2D eigenvalue weighted by molar-refractivity contribution is 0.463. The minimum absolute atomic E-state index is 1.39. The zero-order valence-electron chi connectivity index (χ0n) is 2.94. The molecule has 34 valence electrons. The van der Waals surface area contributed by atoms with Gasteiger partial charge in [-0.25, -0.2) is 0 Å². The molecule has 0 aliphatic heterocycles. The van der Waals surface area contributed by atoms with Crippen LogP contribution in [0.25, 0.3) is 0 Å². The monoisotopic (exact) mass is 98.0 g/mol. The highest BCUT2D eigenvalue weighted by atomic mass is 35.5. The highest BCUT2D eigenvalue weighted by Crippen LogP contribution is 1.59. The molecule has 0 aromatic carbocycles. The Morgan fingerprint density at radius 1 is 1.60 bits per heavy atom. The van der Waals surface area contributed by atoms with E-state index in [1.165, 1.54) is 7.11 Å². The fourth-order valence-corrected chi connectivity index (χ4v) is 0. The molecule has 0 aliphatic rings. The summed E-state index contributed by atoms with van der Waals surface area (Å²) in [6.45, 7) is 0. The Balaban J connectivity index is 0. The third-order valence-electron chi connectivity index (χ3n) is 0. The zero-order valence-corrected chi connectivity index (χ0v) is 3.70. The summed E-state index contributed by atoms with van der Waals surface area (Å²) in [5.41, 5.74) is 0. The van der Waals surface area contributed by atoms with Crippen LogP contribution in [0.2, 0.25) is 0 Å². The maximum atomic E-state index is 4.50. The van der Waals surface area contributed by atoms with Crippen molar-refractivity contribution in [3.8, 4) is 0 Å². The van der Waals surface area contributed by atoms with Crippen LogP contribution in [0, 0.1) is 0 Å². The van der Waals surface area contributed by atoms with Crippen LogP contribution >= 0.6 is 11.9 Å². The summed E-state index contributed by atoms with van der Waals surface area (Å²) in [5, 5.41) is 0. The maximum Gasteiger partial charge on any atom is 0.0606 e. The summed E-state index contributed by atoms with van der Waals surface area (Å²) in [5.74, 6) is 8.00. The van der Waals surface area contributed by atoms with Crippen LogP contribution in [0.3, 0.4) is 0 Å². The molecule has 0 radical (unpaired) electrons. The quantitative estimate of drug-likeness (QED) is 0.320. The standard InChI is InChI=1S/CH3ClO.H4N2/c1-3-2;1-2/h1H3;1-2H2.